The zero-order valence-corrected chi connectivity index (χ0v) is 16.4. The van der Waals surface area contributed by atoms with Crippen molar-refractivity contribution in [2.75, 3.05) is 19.6 Å². The first-order valence-electron chi connectivity index (χ1n) is 10.4. The van der Waals surface area contributed by atoms with Gasteiger partial charge in [0.2, 0.25) is 5.91 Å². The van der Waals surface area contributed by atoms with E-state index in [1.807, 2.05) is 23.1 Å². The predicted octanol–water partition coefficient (Wildman–Crippen LogP) is 3.32. The second kappa shape index (κ2) is 7.47. The van der Waals surface area contributed by atoms with E-state index in [4.69, 9.17) is 0 Å². The van der Waals surface area contributed by atoms with Crippen molar-refractivity contribution in [1.29, 1.82) is 0 Å². The molecule has 1 aromatic carbocycles. The lowest BCUT2D eigenvalue weighted by Crippen LogP contribution is -2.39. The van der Waals surface area contributed by atoms with Crippen LogP contribution in [0.2, 0.25) is 0 Å². The summed E-state index contributed by atoms with van der Waals surface area (Å²) in [6.45, 7) is 2.18. The highest BCUT2D eigenvalue weighted by Crippen LogP contribution is 2.46. The molecular weight excluding hydrogens is 362 g/mol. The van der Waals surface area contributed by atoms with Crippen molar-refractivity contribution in [3.8, 4) is 0 Å². The van der Waals surface area contributed by atoms with Crippen LogP contribution >= 0.6 is 0 Å². The van der Waals surface area contributed by atoms with Crippen LogP contribution in [0.5, 0.6) is 0 Å². The molecule has 0 bridgehead atoms. The number of fused-ring (bicyclic) bond motifs is 1. The lowest BCUT2D eigenvalue weighted by atomic mass is 9.89. The van der Waals surface area contributed by atoms with Crippen LogP contribution in [0.3, 0.4) is 0 Å². The van der Waals surface area contributed by atoms with Crippen molar-refractivity contribution in [1.82, 2.24) is 14.8 Å². The summed E-state index contributed by atoms with van der Waals surface area (Å²) in [6.07, 6.45) is 9.27. The van der Waals surface area contributed by atoms with E-state index in [1.54, 1.807) is 24.5 Å². The Morgan fingerprint density at radius 2 is 1.62 bits per heavy atom. The summed E-state index contributed by atoms with van der Waals surface area (Å²) in [6, 6.07) is 13.8. The van der Waals surface area contributed by atoms with Crippen molar-refractivity contribution in [2.24, 2.45) is 17.8 Å². The van der Waals surface area contributed by atoms with Gasteiger partial charge in [0, 0.05) is 55.3 Å². The van der Waals surface area contributed by atoms with E-state index < -0.39 is 0 Å². The third kappa shape index (κ3) is 3.24. The third-order valence-corrected chi connectivity index (χ3v) is 6.66. The molecular formula is C24H25N3O2. The van der Waals surface area contributed by atoms with Gasteiger partial charge in [0.25, 0.3) is 5.91 Å². The molecule has 5 nitrogen and oxygen atoms in total. The fraction of sp³-hybridized carbons (Fsp3) is 0.375. The molecule has 3 heterocycles. The van der Waals surface area contributed by atoms with Gasteiger partial charge in [-0.3, -0.25) is 14.6 Å². The van der Waals surface area contributed by atoms with E-state index in [0.29, 0.717) is 18.0 Å². The van der Waals surface area contributed by atoms with E-state index in [2.05, 4.69) is 34.2 Å². The van der Waals surface area contributed by atoms with Gasteiger partial charge in [-0.25, -0.2) is 0 Å². The molecule has 0 spiro atoms. The number of pyridine rings is 1. The Bertz CT molecular complexity index is 920. The number of amides is 2. The maximum atomic E-state index is 13.3. The average molecular weight is 387 g/mol. The van der Waals surface area contributed by atoms with Crippen LogP contribution in [0.4, 0.5) is 0 Å². The Kier molecular flexibility index (Phi) is 4.66. The number of nitrogens with zero attached hydrogens (tertiary/aromatic N) is 3. The van der Waals surface area contributed by atoms with Crippen LogP contribution in [0, 0.1) is 17.8 Å². The van der Waals surface area contributed by atoms with Crippen LogP contribution in [0.15, 0.2) is 67.0 Å². The Labute approximate surface area is 171 Å². The average Bonchev–Trinajstić information content (AvgIpc) is 3.50. The van der Waals surface area contributed by atoms with Crippen molar-refractivity contribution in [2.45, 2.75) is 18.9 Å². The monoisotopic (exact) mass is 387 g/mol. The standard InChI is InChI=1S/C24H25N3O2/c28-23(18-8-4-5-9-18)26-14-20-15-27(24(29)19-10-12-25-13-11-19)22(21(20)16-26)17-6-2-1-3-7-17/h1-7,10-13,18,20-22H,8-9,14-16H2/t20-,21-,22+/m0/s1. The number of allylic oxidation sites excluding steroid dienone is 2. The molecule has 29 heavy (non-hydrogen) atoms. The van der Waals surface area contributed by atoms with Gasteiger partial charge >= 0.3 is 0 Å². The first kappa shape index (κ1) is 18.1. The normalized spacial score (nSPS) is 26.1. The second-order valence-corrected chi connectivity index (χ2v) is 8.36. The zero-order chi connectivity index (χ0) is 19.8. The Hall–Kier alpha value is -2.95. The van der Waals surface area contributed by atoms with E-state index >= 15 is 0 Å². The highest BCUT2D eigenvalue weighted by Gasteiger charge is 2.50. The van der Waals surface area contributed by atoms with Gasteiger partial charge in [-0.15, -0.1) is 0 Å². The van der Waals surface area contributed by atoms with Gasteiger partial charge in [0.1, 0.15) is 0 Å². The maximum Gasteiger partial charge on any atom is 0.254 e. The van der Waals surface area contributed by atoms with E-state index in [0.717, 1.165) is 31.5 Å². The molecule has 3 atom stereocenters. The summed E-state index contributed by atoms with van der Waals surface area (Å²) in [7, 11) is 0. The topological polar surface area (TPSA) is 53.5 Å². The molecule has 2 fully saturated rings. The molecule has 1 aromatic heterocycles. The lowest BCUT2D eigenvalue weighted by Gasteiger charge is -2.30. The first-order valence-corrected chi connectivity index (χ1v) is 10.4. The number of rotatable bonds is 3. The Morgan fingerprint density at radius 1 is 0.897 bits per heavy atom. The smallest absolute Gasteiger partial charge is 0.254 e. The van der Waals surface area contributed by atoms with Crippen molar-refractivity contribution in [3.05, 3.63) is 78.1 Å². The lowest BCUT2D eigenvalue weighted by molar-refractivity contribution is -0.134. The number of aromatic nitrogens is 1. The van der Waals surface area contributed by atoms with Gasteiger partial charge in [-0.1, -0.05) is 42.5 Å². The molecule has 2 aromatic rings. The molecule has 0 radical (unpaired) electrons. The fourth-order valence-electron chi connectivity index (χ4n) is 5.25. The molecule has 5 rings (SSSR count). The molecule has 2 saturated heterocycles. The second-order valence-electron chi connectivity index (χ2n) is 8.36. The van der Waals surface area contributed by atoms with Crippen LogP contribution in [0.1, 0.15) is 34.8 Å². The van der Waals surface area contributed by atoms with Gasteiger partial charge in [-0.2, -0.15) is 0 Å². The third-order valence-electron chi connectivity index (χ3n) is 6.66. The molecule has 0 N–H and O–H groups in total. The van der Waals surface area contributed by atoms with E-state index in [9.17, 15) is 9.59 Å². The Balaban J connectivity index is 1.41. The SMILES string of the molecule is O=C(C1CC=CC1)N1C[C@H]2CN(C(=O)c3ccncc3)[C@H](c3ccccc3)[C@H]2C1. The summed E-state index contributed by atoms with van der Waals surface area (Å²) < 4.78 is 0. The van der Waals surface area contributed by atoms with E-state index in [-0.39, 0.29) is 29.7 Å². The fourth-order valence-corrected chi connectivity index (χ4v) is 5.25. The zero-order valence-electron chi connectivity index (χ0n) is 16.4. The first-order chi connectivity index (χ1) is 14.2. The predicted molar refractivity (Wildman–Crippen MR) is 110 cm³/mol. The number of carbonyl (C=O) groups excluding carboxylic acids is 2. The quantitative estimate of drug-likeness (QED) is 0.759. The number of likely N-dealkylation sites (tertiary alicyclic amines) is 2. The summed E-state index contributed by atoms with van der Waals surface area (Å²) >= 11 is 0. The van der Waals surface area contributed by atoms with Crippen LogP contribution in [-0.2, 0) is 4.79 Å². The molecule has 3 aliphatic rings. The van der Waals surface area contributed by atoms with E-state index in [1.165, 1.54) is 0 Å². The number of benzene rings is 1. The minimum Gasteiger partial charge on any atom is -0.342 e. The van der Waals surface area contributed by atoms with Gasteiger partial charge < -0.3 is 9.80 Å². The molecule has 1 aliphatic carbocycles. The van der Waals surface area contributed by atoms with Crippen molar-refractivity contribution in [3.63, 3.8) is 0 Å². The van der Waals surface area contributed by atoms with Gasteiger partial charge in [0.05, 0.1) is 6.04 Å². The summed E-state index contributed by atoms with van der Waals surface area (Å²) in [5.41, 5.74) is 1.82. The molecule has 2 amide bonds. The number of hydrogen-bond donors (Lipinski definition) is 0. The molecule has 148 valence electrons. The van der Waals surface area contributed by atoms with Crippen LogP contribution < -0.4 is 0 Å². The number of hydrogen-bond acceptors (Lipinski definition) is 3. The van der Waals surface area contributed by atoms with Gasteiger partial charge in [0.15, 0.2) is 0 Å². The number of carbonyl (C=O) groups is 2. The minimum absolute atomic E-state index is 0.00127. The molecule has 2 aliphatic heterocycles. The van der Waals surface area contributed by atoms with Crippen molar-refractivity contribution >= 4 is 11.8 Å². The highest BCUT2D eigenvalue weighted by molar-refractivity contribution is 5.94. The highest BCUT2D eigenvalue weighted by atomic mass is 16.2. The van der Waals surface area contributed by atoms with Crippen molar-refractivity contribution < 1.29 is 9.59 Å². The minimum atomic E-state index is 0.00127. The molecule has 0 saturated carbocycles. The van der Waals surface area contributed by atoms with Crippen LogP contribution in [0.25, 0.3) is 0 Å². The summed E-state index contributed by atoms with van der Waals surface area (Å²) in [5.74, 6) is 1.04. The molecule has 5 heteroatoms. The van der Waals surface area contributed by atoms with Gasteiger partial charge in [-0.05, 0) is 30.5 Å². The summed E-state index contributed by atoms with van der Waals surface area (Å²) in [5, 5.41) is 0. The molecule has 0 unspecified atom stereocenters. The maximum absolute atomic E-state index is 13.3. The van der Waals surface area contributed by atoms with Crippen LogP contribution in [-0.4, -0.2) is 46.2 Å². The largest absolute Gasteiger partial charge is 0.342 e. The Morgan fingerprint density at radius 3 is 2.34 bits per heavy atom. The summed E-state index contributed by atoms with van der Waals surface area (Å²) in [4.78, 5) is 34.4.